The third-order valence-corrected chi connectivity index (χ3v) is 3.40. The summed E-state index contributed by atoms with van der Waals surface area (Å²) in [6.07, 6.45) is 0. The normalized spacial score (nSPS) is 10.7. The van der Waals surface area contributed by atoms with Crippen LogP contribution in [0.3, 0.4) is 0 Å². The summed E-state index contributed by atoms with van der Waals surface area (Å²) in [4.78, 5) is 10.7. The largest absolute Gasteiger partial charge is 0.490 e. The summed E-state index contributed by atoms with van der Waals surface area (Å²) in [5, 5.41) is 18.7. The number of hydrogen-bond donors (Lipinski definition) is 1. The molecule has 0 aliphatic carbocycles. The SMILES string of the molecule is CNCc1c(C)nn(-c2ccc(OC)c([N+](=O)[O-])c2)c1C. The average molecular weight is 290 g/mol. The van der Waals surface area contributed by atoms with Crippen molar-refractivity contribution < 1.29 is 9.66 Å². The van der Waals surface area contributed by atoms with Crippen LogP contribution in [0.5, 0.6) is 5.75 Å². The maximum Gasteiger partial charge on any atom is 0.313 e. The standard InChI is InChI=1S/C14H18N4O3/c1-9-12(8-15-3)10(2)17(16-9)11-5-6-14(21-4)13(7-11)18(19)20/h5-7,15H,8H2,1-4H3. The molecule has 0 bridgehead atoms. The molecule has 0 unspecified atom stereocenters. The molecule has 7 nitrogen and oxygen atoms in total. The monoisotopic (exact) mass is 290 g/mol. The Morgan fingerprint density at radius 1 is 1.43 bits per heavy atom. The number of aromatic nitrogens is 2. The van der Waals surface area contributed by atoms with Crippen LogP contribution >= 0.6 is 0 Å². The van der Waals surface area contributed by atoms with Gasteiger partial charge in [0.25, 0.3) is 0 Å². The molecule has 112 valence electrons. The van der Waals surface area contributed by atoms with Gasteiger partial charge in [-0.05, 0) is 33.0 Å². The summed E-state index contributed by atoms with van der Waals surface area (Å²) in [5.41, 5.74) is 3.53. The van der Waals surface area contributed by atoms with Gasteiger partial charge >= 0.3 is 5.69 Å². The van der Waals surface area contributed by atoms with Crippen molar-refractivity contribution in [1.29, 1.82) is 0 Å². The Kier molecular flexibility index (Phi) is 4.23. The molecule has 0 spiro atoms. The van der Waals surface area contributed by atoms with E-state index < -0.39 is 4.92 Å². The summed E-state index contributed by atoms with van der Waals surface area (Å²) in [6.45, 7) is 4.58. The van der Waals surface area contributed by atoms with Gasteiger partial charge in [-0.1, -0.05) is 0 Å². The van der Waals surface area contributed by atoms with E-state index in [0.717, 1.165) is 17.0 Å². The van der Waals surface area contributed by atoms with E-state index in [2.05, 4.69) is 10.4 Å². The molecule has 2 rings (SSSR count). The Hall–Kier alpha value is -2.41. The maximum absolute atomic E-state index is 11.1. The van der Waals surface area contributed by atoms with Crippen LogP contribution in [0, 0.1) is 24.0 Å². The molecule has 0 saturated carbocycles. The number of rotatable bonds is 5. The maximum atomic E-state index is 11.1. The lowest BCUT2D eigenvalue weighted by atomic mass is 10.2. The number of nitro benzene ring substituents is 1. The number of methoxy groups -OCH3 is 1. The lowest BCUT2D eigenvalue weighted by Crippen LogP contribution is -2.07. The number of benzene rings is 1. The molecule has 0 atom stereocenters. The zero-order valence-corrected chi connectivity index (χ0v) is 12.5. The van der Waals surface area contributed by atoms with Crippen LogP contribution in [0.1, 0.15) is 17.0 Å². The zero-order valence-electron chi connectivity index (χ0n) is 12.5. The topological polar surface area (TPSA) is 82.2 Å². The van der Waals surface area contributed by atoms with Crippen LogP contribution < -0.4 is 10.1 Å². The van der Waals surface area contributed by atoms with Gasteiger partial charge in [0, 0.05) is 23.9 Å². The first-order valence-corrected chi connectivity index (χ1v) is 6.52. The molecule has 0 amide bonds. The van der Waals surface area contributed by atoms with Crippen LogP contribution in [0.25, 0.3) is 5.69 Å². The van der Waals surface area contributed by atoms with Crippen LogP contribution in [-0.2, 0) is 6.54 Å². The van der Waals surface area contributed by atoms with E-state index in [1.54, 1.807) is 16.8 Å². The highest BCUT2D eigenvalue weighted by molar-refractivity contribution is 5.54. The summed E-state index contributed by atoms with van der Waals surface area (Å²) >= 11 is 0. The van der Waals surface area contributed by atoms with Gasteiger partial charge in [-0.15, -0.1) is 0 Å². The van der Waals surface area contributed by atoms with Crippen molar-refractivity contribution in [2.75, 3.05) is 14.2 Å². The van der Waals surface area contributed by atoms with E-state index in [0.29, 0.717) is 12.2 Å². The van der Waals surface area contributed by atoms with E-state index in [9.17, 15) is 10.1 Å². The number of ether oxygens (including phenoxy) is 1. The molecule has 0 aliphatic rings. The molecule has 1 heterocycles. The summed E-state index contributed by atoms with van der Waals surface area (Å²) in [6, 6.07) is 4.82. The molecule has 0 fully saturated rings. The second kappa shape index (κ2) is 5.92. The van der Waals surface area contributed by atoms with Crippen molar-refractivity contribution in [3.05, 3.63) is 45.3 Å². The third-order valence-electron chi connectivity index (χ3n) is 3.40. The summed E-state index contributed by atoms with van der Waals surface area (Å²) in [5.74, 6) is 0.237. The van der Waals surface area contributed by atoms with Gasteiger partial charge in [0.15, 0.2) is 5.75 Å². The van der Waals surface area contributed by atoms with Crippen LogP contribution in [0.2, 0.25) is 0 Å². The predicted octanol–water partition coefficient (Wildman–Crippen LogP) is 2.13. The highest BCUT2D eigenvalue weighted by atomic mass is 16.6. The van der Waals surface area contributed by atoms with Crippen LogP contribution in [-0.4, -0.2) is 28.9 Å². The Morgan fingerprint density at radius 3 is 2.71 bits per heavy atom. The Morgan fingerprint density at radius 2 is 2.14 bits per heavy atom. The molecule has 2 aromatic rings. The number of nitrogens with zero attached hydrogens (tertiary/aromatic N) is 3. The smallest absolute Gasteiger partial charge is 0.313 e. The van der Waals surface area contributed by atoms with Crippen molar-refractivity contribution in [2.24, 2.45) is 0 Å². The van der Waals surface area contributed by atoms with E-state index in [-0.39, 0.29) is 11.4 Å². The van der Waals surface area contributed by atoms with Gasteiger partial charge in [-0.25, -0.2) is 4.68 Å². The van der Waals surface area contributed by atoms with E-state index in [1.165, 1.54) is 13.2 Å². The van der Waals surface area contributed by atoms with E-state index in [1.807, 2.05) is 20.9 Å². The van der Waals surface area contributed by atoms with Crippen molar-refractivity contribution in [2.45, 2.75) is 20.4 Å². The lowest BCUT2D eigenvalue weighted by molar-refractivity contribution is -0.385. The van der Waals surface area contributed by atoms with Gasteiger partial charge in [-0.2, -0.15) is 5.10 Å². The minimum Gasteiger partial charge on any atom is -0.490 e. The second-order valence-electron chi connectivity index (χ2n) is 4.70. The summed E-state index contributed by atoms with van der Waals surface area (Å²) in [7, 11) is 3.28. The minimum atomic E-state index is -0.456. The first kappa shape index (κ1) is 15.0. The number of hydrogen-bond acceptors (Lipinski definition) is 5. The van der Waals surface area contributed by atoms with Crippen molar-refractivity contribution >= 4 is 5.69 Å². The molecule has 1 aromatic carbocycles. The van der Waals surface area contributed by atoms with Gasteiger partial charge in [0.05, 0.1) is 23.4 Å². The van der Waals surface area contributed by atoms with Gasteiger partial charge in [-0.3, -0.25) is 10.1 Å². The Labute approximate surface area is 122 Å². The van der Waals surface area contributed by atoms with Crippen molar-refractivity contribution in [1.82, 2.24) is 15.1 Å². The molecule has 0 radical (unpaired) electrons. The minimum absolute atomic E-state index is 0.0716. The first-order valence-electron chi connectivity index (χ1n) is 6.52. The molecular formula is C14H18N4O3. The van der Waals surface area contributed by atoms with E-state index in [4.69, 9.17) is 4.74 Å². The zero-order chi connectivity index (χ0) is 15.6. The predicted molar refractivity (Wildman–Crippen MR) is 79.0 cm³/mol. The fourth-order valence-corrected chi connectivity index (χ4v) is 2.31. The molecule has 1 aromatic heterocycles. The Balaban J connectivity index is 2.55. The van der Waals surface area contributed by atoms with Crippen molar-refractivity contribution in [3.63, 3.8) is 0 Å². The van der Waals surface area contributed by atoms with Crippen LogP contribution in [0.15, 0.2) is 18.2 Å². The highest BCUT2D eigenvalue weighted by Gasteiger charge is 2.18. The molecule has 0 aliphatic heterocycles. The van der Waals surface area contributed by atoms with Gasteiger partial charge < -0.3 is 10.1 Å². The second-order valence-corrected chi connectivity index (χ2v) is 4.70. The molecule has 1 N–H and O–H groups in total. The summed E-state index contributed by atoms with van der Waals surface area (Å²) < 4.78 is 6.73. The number of nitrogens with one attached hydrogen (secondary N) is 1. The average Bonchev–Trinajstić information content (AvgIpc) is 2.75. The van der Waals surface area contributed by atoms with E-state index >= 15 is 0 Å². The molecular weight excluding hydrogens is 272 g/mol. The fourth-order valence-electron chi connectivity index (χ4n) is 2.31. The lowest BCUT2D eigenvalue weighted by Gasteiger charge is -2.07. The number of nitro groups is 1. The van der Waals surface area contributed by atoms with Crippen molar-refractivity contribution in [3.8, 4) is 11.4 Å². The molecule has 21 heavy (non-hydrogen) atoms. The molecule has 0 saturated heterocycles. The fraction of sp³-hybridized carbons (Fsp3) is 0.357. The number of aryl methyl sites for hydroxylation is 1. The first-order chi connectivity index (χ1) is 9.99. The van der Waals surface area contributed by atoms with Gasteiger partial charge in [0.2, 0.25) is 0 Å². The quantitative estimate of drug-likeness (QED) is 0.673. The van der Waals surface area contributed by atoms with Gasteiger partial charge in [0.1, 0.15) is 0 Å². The Bertz CT molecular complexity index is 679. The third kappa shape index (κ3) is 2.73. The highest BCUT2D eigenvalue weighted by Crippen LogP contribution is 2.30. The molecule has 7 heteroatoms. The van der Waals surface area contributed by atoms with Crippen LogP contribution in [0.4, 0.5) is 5.69 Å².